The normalized spacial score (nSPS) is 31.9. The van der Waals surface area contributed by atoms with Gasteiger partial charge in [0.05, 0.1) is 23.9 Å². The molecule has 3 fully saturated rings. The maximum atomic E-state index is 10.2. The molecule has 0 bridgehead atoms. The molecule has 6 atom stereocenters. The van der Waals surface area contributed by atoms with E-state index in [-0.39, 0.29) is 33.8 Å². The van der Waals surface area contributed by atoms with Crippen LogP contribution in [0.15, 0.2) is 35.5 Å². The highest BCUT2D eigenvalue weighted by atomic mass is 28.4. The minimum absolute atomic E-state index is 0.0124. The highest BCUT2D eigenvalue weighted by Gasteiger charge is 2.51. The molecule has 0 aromatic heterocycles. The number of aliphatic hydroxyl groups is 1. The van der Waals surface area contributed by atoms with Crippen LogP contribution in [0.3, 0.4) is 0 Å². The average Bonchev–Trinajstić information content (AvgIpc) is 3.20. The Labute approximate surface area is 274 Å². The predicted molar refractivity (Wildman–Crippen MR) is 193 cm³/mol. The summed E-state index contributed by atoms with van der Waals surface area (Å²) in [5.74, 6) is 1.16. The molecule has 3 aliphatic carbocycles. The molecule has 0 saturated heterocycles. The Balaban J connectivity index is 1.86. The number of fused-ring (bicyclic) bond motifs is 1. The van der Waals surface area contributed by atoms with E-state index in [2.05, 4.69) is 100 Å². The minimum atomic E-state index is -1.98. The van der Waals surface area contributed by atoms with E-state index in [9.17, 15) is 5.11 Å². The Morgan fingerprint density at radius 1 is 0.955 bits per heavy atom. The SMILES string of the molecule is C=C1/C(=C\C=C2/CCC[C@]3(C)[C@@H]([C@H](C)OCCC(C)(C)O)CC[C@@H]23)C[C@@H](O[Si](C)(C)C(C)(C)C)C[C@@H]1O[Si](C)(C)C(C)(C)C. The zero-order valence-electron chi connectivity index (χ0n) is 31.3. The van der Waals surface area contributed by atoms with Crippen molar-refractivity contribution in [3.63, 3.8) is 0 Å². The van der Waals surface area contributed by atoms with E-state index in [0.717, 1.165) is 12.8 Å². The Kier molecular flexibility index (Phi) is 11.7. The molecule has 0 heterocycles. The largest absolute Gasteiger partial charge is 0.413 e. The van der Waals surface area contributed by atoms with Crippen LogP contribution >= 0.6 is 0 Å². The lowest BCUT2D eigenvalue weighted by Crippen LogP contribution is -2.49. The van der Waals surface area contributed by atoms with Gasteiger partial charge in [0.2, 0.25) is 0 Å². The van der Waals surface area contributed by atoms with Crippen molar-refractivity contribution in [2.45, 2.75) is 181 Å². The van der Waals surface area contributed by atoms with Crippen LogP contribution in [0.25, 0.3) is 0 Å². The van der Waals surface area contributed by atoms with Gasteiger partial charge in [-0.3, -0.25) is 0 Å². The highest BCUT2D eigenvalue weighted by molar-refractivity contribution is 6.74. The summed E-state index contributed by atoms with van der Waals surface area (Å²) in [4.78, 5) is 0. The number of hydrogen-bond acceptors (Lipinski definition) is 4. The molecule has 3 aliphatic rings. The molecule has 0 radical (unpaired) electrons. The van der Waals surface area contributed by atoms with Crippen LogP contribution in [-0.2, 0) is 13.6 Å². The molecule has 4 nitrogen and oxygen atoms in total. The fourth-order valence-electron chi connectivity index (χ4n) is 7.43. The average molecular weight is 647 g/mol. The Hall–Kier alpha value is -0.506. The second-order valence-corrected chi connectivity index (χ2v) is 28.0. The monoisotopic (exact) mass is 646 g/mol. The molecule has 0 spiro atoms. The molecule has 3 saturated carbocycles. The Morgan fingerprint density at radius 3 is 2.11 bits per heavy atom. The molecule has 0 aliphatic heterocycles. The van der Waals surface area contributed by atoms with E-state index in [1.807, 2.05) is 13.8 Å². The van der Waals surface area contributed by atoms with Crippen molar-refractivity contribution in [1.29, 1.82) is 0 Å². The van der Waals surface area contributed by atoms with Gasteiger partial charge >= 0.3 is 0 Å². The van der Waals surface area contributed by atoms with Crippen molar-refractivity contribution in [3.8, 4) is 0 Å². The summed E-state index contributed by atoms with van der Waals surface area (Å²) in [6.07, 6.45) is 13.9. The number of rotatable bonds is 10. The van der Waals surface area contributed by atoms with Gasteiger partial charge in [0.25, 0.3) is 0 Å². The van der Waals surface area contributed by atoms with E-state index in [1.54, 1.807) is 5.57 Å². The predicted octanol–water partition coefficient (Wildman–Crippen LogP) is 10.8. The van der Waals surface area contributed by atoms with Crippen LogP contribution in [0.2, 0.25) is 36.3 Å². The molecule has 6 heteroatoms. The van der Waals surface area contributed by atoms with Crippen LogP contribution in [0.4, 0.5) is 0 Å². The van der Waals surface area contributed by atoms with Gasteiger partial charge < -0.3 is 18.7 Å². The zero-order valence-corrected chi connectivity index (χ0v) is 33.3. The number of ether oxygens (including phenoxy) is 1. The van der Waals surface area contributed by atoms with Crippen LogP contribution in [0.1, 0.15) is 121 Å². The summed E-state index contributed by atoms with van der Waals surface area (Å²) in [7, 11) is -3.92. The van der Waals surface area contributed by atoms with E-state index in [4.69, 9.17) is 13.6 Å². The minimum Gasteiger partial charge on any atom is -0.413 e. The fourth-order valence-corrected chi connectivity index (χ4v) is 10.1. The molecule has 1 N–H and O–H groups in total. The number of allylic oxidation sites excluding steroid dienone is 3. The topological polar surface area (TPSA) is 47.9 Å². The van der Waals surface area contributed by atoms with Crippen molar-refractivity contribution in [2.75, 3.05) is 6.61 Å². The molecule has 254 valence electrons. The third kappa shape index (κ3) is 8.89. The van der Waals surface area contributed by atoms with E-state index >= 15 is 0 Å². The fraction of sp³-hybridized carbons (Fsp3) is 0.842. The van der Waals surface area contributed by atoms with Crippen LogP contribution in [0.5, 0.6) is 0 Å². The van der Waals surface area contributed by atoms with Gasteiger partial charge in [-0.15, -0.1) is 0 Å². The van der Waals surface area contributed by atoms with Crippen LogP contribution in [-0.4, -0.2) is 52.3 Å². The van der Waals surface area contributed by atoms with Crippen molar-refractivity contribution in [2.24, 2.45) is 17.3 Å². The Morgan fingerprint density at radius 2 is 1.55 bits per heavy atom. The molecule has 44 heavy (non-hydrogen) atoms. The summed E-state index contributed by atoms with van der Waals surface area (Å²) in [6, 6.07) is 0. The summed E-state index contributed by atoms with van der Waals surface area (Å²) in [5.41, 5.74) is 3.68. The van der Waals surface area contributed by atoms with E-state index < -0.39 is 22.2 Å². The summed E-state index contributed by atoms with van der Waals surface area (Å²) < 4.78 is 20.5. The lowest BCUT2D eigenvalue weighted by Gasteiger charge is -2.45. The second-order valence-electron chi connectivity index (χ2n) is 18.5. The summed E-state index contributed by atoms with van der Waals surface area (Å²) >= 11 is 0. The van der Waals surface area contributed by atoms with E-state index in [0.29, 0.717) is 24.9 Å². The Bertz CT molecular complexity index is 1070. The molecule has 0 aromatic rings. The maximum absolute atomic E-state index is 10.2. The van der Waals surface area contributed by atoms with Crippen molar-refractivity contribution in [3.05, 3.63) is 35.5 Å². The third-order valence-corrected chi connectivity index (χ3v) is 21.5. The zero-order chi connectivity index (χ0) is 33.5. The quantitative estimate of drug-likeness (QED) is 0.240. The lowest BCUT2D eigenvalue weighted by atomic mass is 9.62. The van der Waals surface area contributed by atoms with Gasteiger partial charge in [-0.1, -0.05) is 72.8 Å². The maximum Gasteiger partial charge on any atom is 0.192 e. The van der Waals surface area contributed by atoms with E-state index in [1.165, 1.54) is 43.3 Å². The third-order valence-electron chi connectivity index (χ3n) is 12.4. The molecular weight excluding hydrogens is 577 g/mol. The summed E-state index contributed by atoms with van der Waals surface area (Å²) in [6.45, 7) is 37.2. The van der Waals surface area contributed by atoms with Gasteiger partial charge in [0.1, 0.15) is 0 Å². The van der Waals surface area contributed by atoms with Crippen LogP contribution in [0, 0.1) is 17.3 Å². The second kappa shape index (κ2) is 13.5. The molecule has 0 unspecified atom stereocenters. The van der Waals surface area contributed by atoms with Gasteiger partial charge in [0, 0.05) is 13.0 Å². The van der Waals surface area contributed by atoms with Gasteiger partial charge in [-0.2, -0.15) is 0 Å². The molecule has 0 aromatic carbocycles. The number of hydrogen-bond donors (Lipinski definition) is 1. The van der Waals surface area contributed by atoms with Crippen molar-refractivity contribution < 1.29 is 18.7 Å². The first kappa shape index (κ1) is 37.9. The molecule has 3 rings (SSSR count). The first-order chi connectivity index (χ1) is 19.9. The molecular formula is C38H70O4Si2. The van der Waals surface area contributed by atoms with Crippen LogP contribution < -0.4 is 0 Å². The smallest absolute Gasteiger partial charge is 0.192 e. The van der Waals surface area contributed by atoms with Crippen molar-refractivity contribution >= 4 is 16.6 Å². The van der Waals surface area contributed by atoms with Gasteiger partial charge in [-0.25, -0.2) is 0 Å². The van der Waals surface area contributed by atoms with Crippen molar-refractivity contribution in [1.82, 2.24) is 0 Å². The molecule has 0 amide bonds. The lowest BCUT2D eigenvalue weighted by molar-refractivity contribution is -0.0454. The first-order valence-corrected chi connectivity index (χ1v) is 23.5. The standard InChI is InChI=1S/C38H70O4Si2/c1-27-30(25-31(41-43(12,13)35(3,4)5)26-34(27)42-44(14,15)36(6,7)8)19-18-29-17-16-22-38(11)32(20-21-33(29)38)28(2)40-24-23-37(9,10)39/h18-19,28,31-34,39H,1,16-17,20-26H2,2-15H3/b29-18+,30-19-/t28-,31+,32+,33-,34-,38+/m0/s1. The first-order valence-electron chi connectivity index (χ1n) is 17.7. The van der Waals surface area contributed by atoms with Gasteiger partial charge in [0.15, 0.2) is 16.6 Å². The van der Waals surface area contributed by atoms with Gasteiger partial charge in [-0.05, 0) is 130 Å². The summed E-state index contributed by atoms with van der Waals surface area (Å²) in [5, 5.41) is 10.5. The highest BCUT2D eigenvalue weighted by Crippen LogP contribution is 2.58.